The number of rotatable bonds is 26. The highest BCUT2D eigenvalue weighted by Crippen LogP contribution is 2.27. The van der Waals surface area contributed by atoms with E-state index in [0.717, 1.165) is 0 Å². The molecule has 0 radical (unpaired) electrons. The Labute approximate surface area is 417 Å². The number of aliphatic carboxylic acids is 1. The normalized spacial score (nSPS) is 18.1. The molecule has 0 bridgehead atoms. The third kappa shape index (κ3) is 16.9. The van der Waals surface area contributed by atoms with Crippen LogP contribution in [0.3, 0.4) is 0 Å². The zero-order chi connectivity index (χ0) is 54.1. The number of carbonyl (C=O) groups excluding carboxylic acids is 10. The highest BCUT2D eigenvalue weighted by molar-refractivity contribution is 5.99. The predicted molar refractivity (Wildman–Crippen MR) is 252 cm³/mol. The first-order valence-corrected chi connectivity index (χ1v) is 23.3. The van der Waals surface area contributed by atoms with Gasteiger partial charge >= 0.3 is 5.97 Å². The molecule has 2 fully saturated rings. The number of aromatic hydroxyl groups is 2. The maximum absolute atomic E-state index is 14.6. The van der Waals surface area contributed by atoms with Crippen LogP contribution in [-0.4, -0.2) is 181 Å². The van der Waals surface area contributed by atoms with E-state index in [9.17, 15) is 78.3 Å². The van der Waals surface area contributed by atoms with Gasteiger partial charge < -0.3 is 84.4 Å². The van der Waals surface area contributed by atoms with Crippen molar-refractivity contribution in [2.24, 2.45) is 17.2 Å². The lowest BCUT2D eigenvalue weighted by Crippen LogP contribution is -2.61. The lowest BCUT2D eigenvalue weighted by Gasteiger charge is -2.33. The maximum Gasteiger partial charge on any atom is 0.328 e. The van der Waals surface area contributed by atoms with Crippen molar-refractivity contribution in [2.45, 2.75) is 119 Å². The number of phenols is 2. The Balaban J connectivity index is 1.61. The van der Waals surface area contributed by atoms with Gasteiger partial charge in [0.15, 0.2) is 6.04 Å². The lowest BCUT2D eigenvalue weighted by molar-refractivity contribution is -0.149. The molecule has 0 unspecified atom stereocenters. The van der Waals surface area contributed by atoms with Gasteiger partial charge in [-0.1, -0.05) is 24.3 Å². The summed E-state index contributed by atoms with van der Waals surface area (Å²) in [4.78, 5) is 148. The molecule has 2 aromatic rings. The Kier molecular flexibility index (Phi) is 21.4. The molecule has 2 aliphatic rings. The van der Waals surface area contributed by atoms with Crippen molar-refractivity contribution in [3.8, 4) is 11.5 Å². The summed E-state index contributed by atoms with van der Waals surface area (Å²) < 4.78 is 0. The van der Waals surface area contributed by atoms with Crippen molar-refractivity contribution >= 4 is 65.0 Å². The lowest BCUT2D eigenvalue weighted by atomic mass is 10.0. The fourth-order valence-electron chi connectivity index (χ4n) is 8.27. The number of carboxylic acid groups (broad SMARTS) is 1. The van der Waals surface area contributed by atoms with Crippen molar-refractivity contribution in [3.63, 3.8) is 0 Å². The molecule has 0 aliphatic carbocycles. The molecule has 0 saturated carbocycles. The van der Waals surface area contributed by atoms with Gasteiger partial charge in [0.25, 0.3) is 0 Å². The largest absolute Gasteiger partial charge is 0.508 e. The van der Waals surface area contributed by atoms with Gasteiger partial charge in [0.05, 0.1) is 25.7 Å². The molecule has 10 amide bonds. The minimum Gasteiger partial charge on any atom is -0.508 e. The van der Waals surface area contributed by atoms with Crippen molar-refractivity contribution in [2.75, 3.05) is 26.2 Å². The summed E-state index contributed by atoms with van der Waals surface area (Å²) in [5.41, 5.74) is 16.8. The number of amides is 10. The highest BCUT2D eigenvalue weighted by Gasteiger charge is 2.45. The summed E-state index contributed by atoms with van der Waals surface area (Å²) in [5.74, 6) is -11.2. The van der Waals surface area contributed by atoms with E-state index in [1.54, 1.807) is 0 Å². The Morgan fingerprint density at radius 1 is 0.630 bits per heavy atom. The van der Waals surface area contributed by atoms with Gasteiger partial charge in [0.1, 0.15) is 53.8 Å². The smallest absolute Gasteiger partial charge is 0.328 e. The molecule has 0 spiro atoms. The topological polar surface area (TPSA) is 446 Å². The molecule has 0 aromatic heterocycles. The van der Waals surface area contributed by atoms with E-state index in [0.29, 0.717) is 24.0 Å². The van der Waals surface area contributed by atoms with Gasteiger partial charge in [-0.2, -0.15) is 0 Å². The van der Waals surface area contributed by atoms with Gasteiger partial charge in [0, 0.05) is 32.4 Å². The SMILES string of the molecule is C[C@@H](O)[C@H](NC(=O)[C@@H]1CCCN1C(=O)[C@@H]1CCCN1C(=O)[C@H](Cc1ccc(O)cc1)NC(=O)[C@H](CC(N)=O)NC(=O)[C@H](Cc1ccc(O)cc1)NC(=O)[C@H](CO)NC(=O)[C@H](CCC(N)=O)NC(=O)CN)C(=O)O. The van der Waals surface area contributed by atoms with E-state index in [4.69, 9.17) is 17.2 Å². The number of nitrogens with two attached hydrogens (primary N) is 3. The van der Waals surface area contributed by atoms with Crippen LogP contribution in [0.5, 0.6) is 11.5 Å². The van der Waals surface area contributed by atoms with Crippen LogP contribution in [-0.2, 0) is 65.6 Å². The second kappa shape index (κ2) is 27.1. The molecule has 2 saturated heterocycles. The van der Waals surface area contributed by atoms with Crippen LogP contribution in [0.1, 0.15) is 63.0 Å². The van der Waals surface area contributed by atoms with Gasteiger partial charge in [0.2, 0.25) is 59.1 Å². The third-order valence-corrected chi connectivity index (χ3v) is 12.1. The Hall–Kier alpha value is -7.91. The van der Waals surface area contributed by atoms with Crippen molar-refractivity contribution in [1.82, 2.24) is 41.7 Å². The zero-order valence-electron chi connectivity index (χ0n) is 39.9. The van der Waals surface area contributed by atoms with Crippen LogP contribution >= 0.6 is 0 Å². The van der Waals surface area contributed by atoms with Crippen LogP contribution < -0.4 is 49.1 Å². The summed E-state index contributed by atoms with van der Waals surface area (Å²) in [5, 5.41) is 63.6. The predicted octanol–water partition coefficient (Wildman–Crippen LogP) is -5.67. The van der Waals surface area contributed by atoms with Crippen LogP contribution in [0.25, 0.3) is 0 Å². The molecule has 2 aliphatic heterocycles. The van der Waals surface area contributed by atoms with Gasteiger partial charge in [-0.3, -0.25) is 47.9 Å². The first-order valence-electron chi connectivity index (χ1n) is 23.3. The number of aliphatic hydroxyl groups is 2. The van der Waals surface area contributed by atoms with Crippen molar-refractivity contribution in [1.29, 1.82) is 0 Å². The van der Waals surface area contributed by atoms with Gasteiger partial charge in [-0.05, 0) is 74.4 Å². The monoisotopic (exact) mass is 1030 g/mol. The minimum atomic E-state index is -1.85. The molecule has 73 heavy (non-hydrogen) atoms. The third-order valence-electron chi connectivity index (χ3n) is 12.1. The van der Waals surface area contributed by atoms with E-state index >= 15 is 0 Å². The fraction of sp³-hybridized carbons (Fsp3) is 0.500. The van der Waals surface area contributed by atoms with Crippen LogP contribution in [0.2, 0.25) is 0 Å². The van der Waals surface area contributed by atoms with Gasteiger partial charge in [-0.25, -0.2) is 4.79 Å². The first-order chi connectivity index (χ1) is 34.5. The highest BCUT2D eigenvalue weighted by atomic mass is 16.4. The van der Waals surface area contributed by atoms with E-state index in [1.807, 2.05) is 0 Å². The van der Waals surface area contributed by atoms with Crippen LogP contribution in [0, 0.1) is 0 Å². The molecule has 4 rings (SSSR count). The molecule has 398 valence electrons. The molecule has 27 nitrogen and oxygen atoms in total. The Morgan fingerprint density at radius 3 is 1.63 bits per heavy atom. The maximum atomic E-state index is 14.6. The van der Waals surface area contributed by atoms with Crippen LogP contribution in [0.15, 0.2) is 48.5 Å². The van der Waals surface area contributed by atoms with Crippen LogP contribution in [0.4, 0.5) is 0 Å². The second-order valence-corrected chi connectivity index (χ2v) is 17.6. The fourth-order valence-corrected chi connectivity index (χ4v) is 8.27. The quantitative estimate of drug-likeness (QED) is 0.0418. The number of likely N-dealkylation sites (tertiary alicyclic amines) is 2. The molecule has 27 heteroatoms. The average Bonchev–Trinajstić information content (AvgIpc) is 4.05. The van der Waals surface area contributed by atoms with Crippen molar-refractivity contribution in [3.05, 3.63) is 59.7 Å². The number of nitrogens with zero attached hydrogens (tertiary/aromatic N) is 2. The number of nitrogens with one attached hydrogen (secondary N) is 6. The summed E-state index contributed by atoms with van der Waals surface area (Å²) in [6, 6.07) is -1.34. The number of phenolic OH excluding ortho intramolecular Hbond substituents is 2. The molecule has 2 heterocycles. The number of hydrogen-bond donors (Lipinski definition) is 14. The molecular weight excluding hydrogens is 963 g/mol. The summed E-state index contributed by atoms with van der Waals surface area (Å²) in [7, 11) is 0. The average molecular weight is 1030 g/mol. The summed E-state index contributed by atoms with van der Waals surface area (Å²) in [6.45, 7) is -0.331. The number of carboxylic acids is 1. The summed E-state index contributed by atoms with van der Waals surface area (Å²) in [6.07, 6.45) is -2.69. The molecular formula is C46H63N11O16. The standard InChI is InChI=1S/C46H63N11O16/c1-23(59)38(46(72)73)55-43(69)33-4-2-16-56(33)45(71)34-5-3-17-57(34)44(70)31(19-25-8-12-27(61)13-9-25)53-41(67)30(20-36(49)63)52-40(66)29(18-24-6-10-26(60)11-7-24)51-42(68)32(22-58)54-39(65)28(14-15-35(48)62)50-37(64)21-47/h6-13,23,28-34,38,58-61H,2-5,14-22,47H2,1H3,(H2,48,62)(H2,49,63)(H,50,64)(H,51,68)(H,52,66)(H,53,67)(H,54,65)(H,55,69)(H,72,73)/t23-,28+,29+,30+,31+,32+,33+,34+,38+/m1/s1. The number of aliphatic hydroxyl groups excluding tert-OH is 2. The van der Waals surface area contributed by atoms with E-state index in [2.05, 4.69) is 31.9 Å². The Morgan fingerprint density at radius 2 is 1.11 bits per heavy atom. The first kappa shape index (κ1) is 57.7. The van der Waals surface area contributed by atoms with E-state index in [-0.39, 0.29) is 63.1 Å². The summed E-state index contributed by atoms with van der Waals surface area (Å²) >= 11 is 0. The molecule has 17 N–H and O–H groups in total. The zero-order valence-corrected chi connectivity index (χ0v) is 39.9. The molecule has 2 aromatic carbocycles. The Bertz CT molecular complexity index is 2350. The minimum absolute atomic E-state index is 0.0107. The number of benzene rings is 2. The van der Waals surface area contributed by atoms with E-state index in [1.165, 1.54) is 65.3 Å². The number of carbonyl (C=O) groups is 11. The molecule has 9 atom stereocenters. The van der Waals surface area contributed by atoms with Gasteiger partial charge in [-0.15, -0.1) is 0 Å². The number of primary amides is 2. The van der Waals surface area contributed by atoms with E-state index < -0.39 is 139 Å². The van der Waals surface area contributed by atoms with Crippen molar-refractivity contribution < 1.29 is 78.3 Å². The second-order valence-electron chi connectivity index (χ2n) is 17.6. The number of hydrogen-bond acceptors (Lipinski definition) is 16.